The summed E-state index contributed by atoms with van der Waals surface area (Å²) < 4.78 is 28.3. The molecule has 0 spiro atoms. The predicted molar refractivity (Wildman–Crippen MR) is 76.4 cm³/mol. The number of halogens is 2. The van der Waals surface area contributed by atoms with Gasteiger partial charge in [-0.15, -0.1) is 0 Å². The van der Waals surface area contributed by atoms with Crippen molar-refractivity contribution in [1.29, 1.82) is 0 Å². The first-order valence-electron chi connectivity index (χ1n) is 6.33. The molecule has 114 valence electrons. The van der Waals surface area contributed by atoms with Gasteiger partial charge in [0.25, 0.3) is 11.8 Å². The van der Waals surface area contributed by atoms with E-state index in [0.29, 0.717) is 5.69 Å². The van der Waals surface area contributed by atoms with E-state index < -0.39 is 23.4 Å². The van der Waals surface area contributed by atoms with Crippen LogP contribution in [0.15, 0.2) is 42.6 Å². The van der Waals surface area contributed by atoms with E-state index in [0.717, 1.165) is 24.3 Å². The van der Waals surface area contributed by atoms with Gasteiger partial charge in [-0.25, -0.2) is 8.78 Å². The van der Waals surface area contributed by atoms with Gasteiger partial charge in [0.2, 0.25) is 0 Å². The lowest BCUT2D eigenvalue weighted by atomic mass is 10.2. The van der Waals surface area contributed by atoms with Crippen LogP contribution in [0.2, 0.25) is 0 Å². The Morgan fingerprint density at radius 3 is 2.36 bits per heavy atom. The number of aromatic nitrogens is 1. The highest BCUT2D eigenvalue weighted by molar-refractivity contribution is 5.97. The van der Waals surface area contributed by atoms with Gasteiger partial charge >= 0.3 is 0 Å². The predicted octanol–water partition coefficient (Wildman–Crippen LogP) is 1.78. The number of hydrogen-bond acceptors (Lipinski definition) is 2. The molecular formula is C15H13F2N3O2. The molecule has 1 heterocycles. The van der Waals surface area contributed by atoms with Crippen LogP contribution in [-0.2, 0) is 11.8 Å². The molecule has 0 unspecified atom stereocenters. The SMILES string of the molecule is Cn1cccc1C(=O)NNC(=O)C=Cc1c(F)cccc1F. The second-order valence-corrected chi connectivity index (χ2v) is 4.42. The molecule has 2 amide bonds. The molecule has 0 bridgehead atoms. The first kappa shape index (κ1) is 15.4. The van der Waals surface area contributed by atoms with Crippen molar-refractivity contribution >= 4 is 17.9 Å². The van der Waals surface area contributed by atoms with E-state index in [9.17, 15) is 18.4 Å². The molecule has 1 aromatic heterocycles. The first-order valence-corrected chi connectivity index (χ1v) is 6.33. The van der Waals surface area contributed by atoms with E-state index in [2.05, 4.69) is 10.9 Å². The molecule has 0 aliphatic heterocycles. The minimum atomic E-state index is -0.781. The van der Waals surface area contributed by atoms with Crippen LogP contribution in [0.3, 0.4) is 0 Å². The fourth-order valence-electron chi connectivity index (χ4n) is 1.75. The molecule has 0 atom stereocenters. The van der Waals surface area contributed by atoms with Crippen molar-refractivity contribution in [3.05, 3.63) is 65.5 Å². The number of hydrazine groups is 1. The molecule has 2 aromatic rings. The van der Waals surface area contributed by atoms with E-state index in [-0.39, 0.29) is 5.56 Å². The summed E-state index contributed by atoms with van der Waals surface area (Å²) in [7, 11) is 1.68. The van der Waals surface area contributed by atoms with E-state index in [1.807, 2.05) is 0 Å². The minimum absolute atomic E-state index is 0.327. The van der Waals surface area contributed by atoms with E-state index in [1.54, 1.807) is 29.9 Å². The van der Waals surface area contributed by atoms with Gasteiger partial charge in [-0.2, -0.15) is 0 Å². The third kappa shape index (κ3) is 3.57. The lowest BCUT2D eigenvalue weighted by molar-refractivity contribution is -0.117. The number of nitrogens with zero attached hydrogens (tertiary/aromatic N) is 1. The second-order valence-electron chi connectivity index (χ2n) is 4.42. The Balaban J connectivity index is 1.95. The zero-order chi connectivity index (χ0) is 16.1. The number of nitrogens with one attached hydrogen (secondary N) is 2. The third-order valence-electron chi connectivity index (χ3n) is 2.88. The number of aryl methyl sites for hydroxylation is 1. The van der Waals surface area contributed by atoms with Gasteiger partial charge in [-0.1, -0.05) is 6.07 Å². The molecule has 0 fully saturated rings. The highest BCUT2D eigenvalue weighted by atomic mass is 19.1. The molecule has 0 saturated carbocycles. The average molecular weight is 305 g/mol. The minimum Gasteiger partial charge on any atom is -0.347 e. The highest BCUT2D eigenvalue weighted by Gasteiger charge is 2.09. The molecule has 22 heavy (non-hydrogen) atoms. The number of amides is 2. The summed E-state index contributed by atoms with van der Waals surface area (Å²) in [6, 6.07) is 6.64. The first-order chi connectivity index (χ1) is 10.5. The molecular weight excluding hydrogens is 292 g/mol. The second kappa shape index (κ2) is 6.66. The van der Waals surface area contributed by atoms with Crippen LogP contribution in [-0.4, -0.2) is 16.4 Å². The average Bonchev–Trinajstić information content (AvgIpc) is 2.90. The summed E-state index contributed by atoms with van der Waals surface area (Å²) in [5.74, 6) is -2.79. The smallest absolute Gasteiger partial charge is 0.286 e. The maximum absolute atomic E-state index is 13.3. The van der Waals surface area contributed by atoms with Gasteiger partial charge in [0, 0.05) is 24.9 Å². The molecule has 0 radical (unpaired) electrons. The number of rotatable bonds is 3. The largest absolute Gasteiger partial charge is 0.347 e. The normalized spacial score (nSPS) is 10.7. The van der Waals surface area contributed by atoms with Gasteiger partial charge in [-0.05, 0) is 30.3 Å². The summed E-state index contributed by atoms with van der Waals surface area (Å²) in [4.78, 5) is 23.3. The van der Waals surface area contributed by atoms with Crippen LogP contribution < -0.4 is 10.9 Å². The number of benzene rings is 1. The van der Waals surface area contributed by atoms with Gasteiger partial charge in [-0.3, -0.25) is 20.4 Å². The molecule has 0 aliphatic carbocycles. The van der Waals surface area contributed by atoms with Crippen molar-refractivity contribution in [2.24, 2.45) is 7.05 Å². The van der Waals surface area contributed by atoms with Crippen molar-refractivity contribution < 1.29 is 18.4 Å². The summed E-state index contributed by atoms with van der Waals surface area (Å²) >= 11 is 0. The summed E-state index contributed by atoms with van der Waals surface area (Å²) in [6.07, 6.45) is 3.60. The van der Waals surface area contributed by atoms with Crippen LogP contribution in [0.25, 0.3) is 6.08 Å². The van der Waals surface area contributed by atoms with Crippen LogP contribution in [0.1, 0.15) is 16.1 Å². The van der Waals surface area contributed by atoms with Crippen LogP contribution in [0.4, 0.5) is 8.78 Å². The maximum atomic E-state index is 13.3. The maximum Gasteiger partial charge on any atom is 0.286 e. The summed E-state index contributed by atoms with van der Waals surface area (Å²) in [6.45, 7) is 0. The van der Waals surface area contributed by atoms with E-state index >= 15 is 0 Å². The number of hydrogen-bond donors (Lipinski definition) is 2. The van der Waals surface area contributed by atoms with Gasteiger partial charge in [0.1, 0.15) is 17.3 Å². The summed E-state index contributed by atoms with van der Waals surface area (Å²) in [5.41, 5.74) is 4.34. The third-order valence-corrected chi connectivity index (χ3v) is 2.88. The Morgan fingerprint density at radius 2 is 1.77 bits per heavy atom. The van der Waals surface area contributed by atoms with Crippen LogP contribution >= 0.6 is 0 Å². The quantitative estimate of drug-likeness (QED) is 0.670. The van der Waals surface area contributed by atoms with Crippen molar-refractivity contribution in [1.82, 2.24) is 15.4 Å². The van der Waals surface area contributed by atoms with Gasteiger partial charge < -0.3 is 4.57 Å². The fraction of sp³-hybridized carbons (Fsp3) is 0.0667. The molecule has 5 nitrogen and oxygen atoms in total. The molecule has 0 saturated heterocycles. The lowest BCUT2D eigenvalue weighted by Gasteiger charge is -2.06. The molecule has 0 aliphatic rings. The van der Waals surface area contributed by atoms with Crippen molar-refractivity contribution in [2.75, 3.05) is 0 Å². The fourth-order valence-corrected chi connectivity index (χ4v) is 1.75. The van der Waals surface area contributed by atoms with Crippen LogP contribution in [0, 0.1) is 11.6 Å². The van der Waals surface area contributed by atoms with Crippen LogP contribution in [0.5, 0.6) is 0 Å². The standard InChI is InChI=1S/C15H13F2N3O2/c1-20-9-3-6-13(20)15(22)19-18-14(21)8-7-10-11(16)4-2-5-12(10)17/h2-9H,1H3,(H,18,21)(H,19,22). The molecule has 2 N–H and O–H groups in total. The van der Waals surface area contributed by atoms with Crippen molar-refractivity contribution in [3.8, 4) is 0 Å². The van der Waals surface area contributed by atoms with Gasteiger partial charge in [0.05, 0.1) is 0 Å². The number of carbonyl (C=O) groups excluding carboxylic acids is 2. The van der Waals surface area contributed by atoms with Crippen molar-refractivity contribution in [3.63, 3.8) is 0 Å². The molecule has 7 heteroatoms. The Bertz CT molecular complexity index is 718. The number of carbonyl (C=O) groups is 2. The van der Waals surface area contributed by atoms with Gasteiger partial charge in [0.15, 0.2) is 0 Å². The topological polar surface area (TPSA) is 63.1 Å². The summed E-state index contributed by atoms with van der Waals surface area (Å²) in [5, 5.41) is 0. The van der Waals surface area contributed by atoms with E-state index in [1.165, 1.54) is 6.07 Å². The Labute approximate surface area is 125 Å². The highest BCUT2D eigenvalue weighted by Crippen LogP contribution is 2.13. The molecule has 1 aromatic carbocycles. The zero-order valence-corrected chi connectivity index (χ0v) is 11.6. The molecule has 2 rings (SSSR count). The Morgan fingerprint density at radius 1 is 1.09 bits per heavy atom. The monoisotopic (exact) mass is 305 g/mol. The zero-order valence-electron chi connectivity index (χ0n) is 11.6. The Hall–Kier alpha value is -2.96. The Kier molecular flexibility index (Phi) is 4.67. The lowest BCUT2D eigenvalue weighted by Crippen LogP contribution is -2.41. The van der Waals surface area contributed by atoms with Crippen molar-refractivity contribution in [2.45, 2.75) is 0 Å². The van der Waals surface area contributed by atoms with E-state index in [4.69, 9.17) is 0 Å².